The zero-order valence-corrected chi connectivity index (χ0v) is 11.7. The zero-order chi connectivity index (χ0) is 13.5. The number of ether oxygens (including phenoxy) is 1. The van der Waals surface area contributed by atoms with E-state index in [1.54, 1.807) is 7.05 Å². The van der Waals surface area contributed by atoms with Gasteiger partial charge < -0.3 is 15.4 Å². The Morgan fingerprint density at radius 3 is 3.11 bits per heavy atom. The second-order valence-corrected chi connectivity index (χ2v) is 4.79. The van der Waals surface area contributed by atoms with Gasteiger partial charge in [0.25, 0.3) is 0 Å². The predicted molar refractivity (Wildman–Crippen MR) is 75.3 cm³/mol. The van der Waals surface area contributed by atoms with Crippen molar-refractivity contribution >= 4 is 5.96 Å². The van der Waals surface area contributed by atoms with Crippen molar-refractivity contribution in [1.29, 1.82) is 0 Å². The van der Waals surface area contributed by atoms with Crippen molar-refractivity contribution < 1.29 is 4.74 Å². The zero-order valence-electron chi connectivity index (χ0n) is 11.7. The van der Waals surface area contributed by atoms with Crippen molar-refractivity contribution in [2.45, 2.75) is 25.4 Å². The molecule has 1 aromatic heterocycles. The molecular weight excluding hydrogens is 242 g/mol. The summed E-state index contributed by atoms with van der Waals surface area (Å²) in [7, 11) is 3.72. The van der Waals surface area contributed by atoms with Crippen LogP contribution in [0.4, 0.5) is 0 Å². The van der Waals surface area contributed by atoms with Crippen LogP contribution in [0, 0.1) is 0 Å². The Hall–Kier alpha value is -1.56. The summed E-state index contributed by atoms with van der Waals surface area (Å²) >= 11 is 0. The van der Waals surface area contributed by atoms with Crippen molar-refractivity contribution in [2.75, 3.05) is 26.7 Å². The molecule has 1 aliphatic rings. The molecule has 2 rings (SSSR count). The van der Waals surface area contributed by atoms with E-state index in [1.165, 1.54) is 12.0 Å². The highest BCUT2D eigenvalue weighted by molar-refractivity contribution is 5.79. The molecule has 0 saturated carbocycles. The quantitative estimate of drug-likeness (QED) is 0.594. The lowest BCUT2D eigenvalue weighted by molar-refractivity contribution is 0.114. The molecule has 1 aliphatic heterocycles. The van der Waals surface area contributed by atoms with E-state index in [-0.39, 0.29) is 0 Å². The molecule has 2 N–H and O–H groups in total. The number of nitrogens with zero attached hydrogens (tertiary/aromatic N) is 3. The minimum Gasteiger partial charge on any atom is -0.376 e. The van der Waals surface area contributed by atoms with Gasteiger partial charge in [0.2, 0.25) is 0 Å². The minimum atomic E-state index is 0.330. The maximum absolute atomic E-state index is 5.57. The lowest BCUT2D eigenvalue weighted by Crippen LogP contribution is -2.41. The number of hydrogen-bond donors (Lipinski definition) is 2. The van der Waals surface area contributed by atoms with E-state index >= 15 is 0 Å². The predicted octanol–water partition coefficient (Wildman–Crippen LogP) is 0.307. The van der Waals surface area contributed by atoms with Crippen molar-refractivity contribution in [3.05, 3.63) is 18.0 Å². The molecule has 0 radical (unpaired) electrons. The van der Waals surface area contributed by atoms with Gasteiger partial charge in [0.15, 0.2) is 5.96 Å². The molecule has 19 heavy (non-hydrogen) atoms. The molecule has 2 heterocycles. The SMILES string of the molecule is CN=C(NCCc1cnn(C)c1)NCC1CCCO1. The third-order valence-electron chi connectivity index (χ3n) is 3.21. The number of aromatic nitrogens is 2. The number of hydrogen-bond acceptors (Lipinski definition) is 3. The van der Waals surface area contributed by atoms with Crippen LogP contribution in [0.2, 0.25) is 0 Å². The van der Waals surface area contributed by atoms with Gasteiger partial charge in [-0.2, -0.15) is 5.10 Å². The third kappa shape index (κ3) is 4.55. The summed E-state index contributed by atoms with van der Waals surface area (Å²) in [6.07, 6.45) is 7.50. The van der Waals surface area contributed by atoms with Gasteiger partial charge in [-0.3, -0.25) is 9.67 Å². The normalized spacial score (nSPS) is 19.7. The molecule has 0 bridgehead atoms. The number of aryl methyl sites for hydroxylation is 1. The fourth-order valence-corrected chi connectivity index (χ4v) is 2.16. The molecule has 0 aliphatic carbocycles. The van der Waals surface area contributed by atoms with Crippen molar-refractivity contribution in [3.8, 4) is 0 Å². The first-order chi connectivity index (χ1) is 9.28. The van der Waals surface area contributed by atoms with Crippen molar-refractivity contribution in [2.24, 2.45) is 12.0 Å². The van der Waals surface area contributed by atoms with Crippen LogP contribution in [0.1, 0.15) is 18.4 Å². The fourth-order valence-electron chi connectivity index (χ4n) is 2.16. The summed E-state index contributed by atoms with van der Waals surface area (Å²) in [5.41, 5.74) is 1.23. The highest BCUT2D eigenvalue weighted by atomic mass is 16.5. The Kier molecular flexibility index (Phi) is 5.20. The second-order valence-electron chi connectivity index (χ2n) is 4.79. The molecular formula is C13H23N5O. The van der Waals surface area contributed by atoms with Crippen LogP contribution >= 0.6 is 0 Å². The standard InChI is InChI=1S/C13H23N5O/c1-14-13(16-9-12-4-3-7-19-12)15-6-5-11-8-17-18(2)10-11/h8,10,12H,3-7,9H2,1-2H3,(H2,14,15,16). The topological polar surface area (TPSA) is 63.5 Å². The minimum absolute atomic E-state index is 0.330. The molecule has 0 aromatic carbocycles. The van der Waals surface area contributed by atoms with Crippen LogP contribution < -0.4 is 10.6 Å². The fraction of sp³-hybridized carbons (Fsp3) is 0.692. The van der Waals surface area contributed by atoms with E-state index in [4.69, 9.17) is 4.74 Å². The molecule has 1 saturated heterocycles. The van der Waals surface area contributed by atoms with Crippen molar-refractivity contribution in [1.82, 2.24) is 20.4 Å². The number of rotatable bonds is 5. The van der Waals surface area contributed by atoms with Gasteiger partial charge in [-0.05, 0) is 24.8 Å². The first-order valence-corrected chi connectivity index (χ1v) is 6.81. The van der Waals surface area contributed by atoms with E-state index < -0.39 is 0 Å². The van der Waals surface area contributed by atoms with Gasteiger partial charge in [-0.1, -0.05) is 0 Å². The van der Waals surface area contributed by atoms with Gasteiger partial charge in [0.05, 0.1) is 12.3 Å². The number of guanidine groups is 1. The molecule has 6 nitrogen and oxygen atoms in total. The van der Waals surface area contributed by atoms with Gasteiger partial charge in [0.1, 0.15) is 0 Å². The van der Waals surface area contributed by atoms with Gasteiger partial charge in [-0.15, -0.1) is 0 Å². The van der Waals surface area contributed by atoms with Crippen LogP contribution in [0.15, 0.2) is 17.4 Å². The van der Waals surface area contributed by atoms with Crippen LogP contribution in [0.5, 0.6) is 0 Å². The van der Waals surface area contributed by atoms with Crippen LogP contribution in [-0.2, 0) is 18.2 Å². The number of aliphatic imine (C=N–C) groups is 1. The molecule has 106 valence electrons. The summed E-state index contributed by atoms with van der Waals surface area (Å²) < 4.78 is 7.39. The molecule has 1 unspecified atom stereocenters. The Labute approximate surface area is 114 Å². The summed E-state index contributed by atoms with van der Waals surface area (Å²) in [4.78, 5) is 4.20. The average molecular weight is 265 g/mol. The van der Waals surface area contributed by atoms with Gasteiger partial charge in [-0.25, -0.2) is 0 Å². The van der Waals surface area contributed by atoms with E-state index in [0.29, 0.717) is 6.10 Å². The van der Waals surface area contributed by atoms with E-state index in [0.717, 1.165) is 38.5 Å². The lowest BCUT2D eigenvalue weighted by atomic mass is 10.2. The Morgan fingerprint density at radius 2 is 2.47 bits per heavy atom. The maximum Gasteiger partial charge on any atom is 0.191 e. The van der Waals surface area contributed by atoms with Crippen LogP contribution in [0.3, 0.4) is 0 Å². The Bertz CT molecular complexity index is 409. The molecule has 1 fully saturated rings. The third-order valence-corrected chi connectivity index (χ3v) is 3.21. The first-order valence-electron chi connectivity index (χ1n) is 6.81. The first kappa shape index (κ1) is 13.9. The smallest absolute Gasteiger partial charge is 0.191 e. The summed E-state index contributed by atoms with van der Waals surface area (Å²) in [6, 6.07) is 0. The Balaban J connectivity index is 1.64. The average Bonchev–Trinajstić information content (AvgIpc) is 3.05. The summed E-state index contributed by atoms with van der Waals surface area (Å²) in [5.74, 6) is 0.833. The molecule has 1 aromatic rings. The lowest BCUT2D eigenvalue weighted by Gasteiger charge is -2.14. The largest absolute Gasteiger partial charge is 0.376 e. The monoisotopic (exact) mass is 265 g/mol. The van der Waals surface area contributed by atoms with E-state index in [9.17, 15) is 0 Å². The summed E-state index contributed by atoms with van der Waals surface area (Å²) in [5, 5.41) is 10.7. The van der Waals surface area contributed by atoms with E-state index in [1.807, 2.05) is 24.1 Å². The highest BCUT2D eigenvalue weighted by Gasteiger charge is 2.15. The molecule has 6 heteroatoms. The van der Waals surface area contributed by atoms with Gasteiger partial charge >= 0.3 is 0 Å². The highest BCUT2D eigenvalue weighted by Crippen LogP contribution is 2.10. The maximum atomic E-state index is 5.57. The van der Waals surface area contributed by atoms with Crippen LogP contribution in [0.25, 0.3) is 0 Å². The second kappa shape index (κ2) is 7.13. The van der Waals surface area contributed by atoms with Crippen LogP contribution in [-0.4, -0.2) is 48.6 Å². The summed E-state index contributed by atoms with van der Waals surface area (Å²) in [6.45, 7) is 2.56. The van der Waals surface area contributed by atoms with Gasteiger partial charge in [0, 0.05) is 40.0 Å². The molecule has 0 amide bonds. The van der Waals surface area contributed by atoms with E-state index in [2.05, 4.69) is 20.7 Å². The van der Waals surface area contributed by atoms with Crippen molar-refractivity contribution in [3.63, 3.8) is 0 Å². The molecule has 1 atom stereocenters. The number of nitrogens with one attached hydrogen (secondary N) is 2. The molecule has 0 spiro atoms. The Morgan fingerprint density at radius 1 is 1.58 bits per heavy atom.